The first-order valence-electron chi connectivity index (χ1n) is 5.58. The van der Waals surface area contributed by atoms with Gasteiger partial charge in [0.15, 0.2) is 0 Å². The zero-order chi connectivity index (χ0) is 14.6. The zero-order valence-electron chi connectivity index (χ0n) is 10.2. The highest BCUT2D eigenvalue weighted by atomic mass is 32.2. The minimum Gasteiger partial charge on any atom is -0.282 e. The van der Waals surface area contributed by atoms with E-state index in [0.29, 0.717) is 11.3 Å². The van der Waals surface area contributed by atoms with Crippen LogP contribution < -0.4 is 5.43 Å². The van der Waals surface area contributed by atoms with E-state index in [1.54, 1.807) is 18.2 Å². The lowest BCUT2D eigenvalue weighted by Crippen LogP contribution is -1.98. The van der Waals surface area contributed by atoms with Crippen LogP contribution in [0, 0.1) is 5.82 Å². The average molecular weight is 294 g/mol. The molecule has 104 valence electrons. The van der Waals surface area contributed by atoms with E-state index in [-0.39, 0.29) is 10.7 Å². The number of hydrogen-bond donors (Lipinski definition) is 2. The number of anilines is 1. The lowest BCUT2D eigenvalue weighted by Gasteiger charge is -2.01. The minimum absolute atomic E-state index is 0.207. The van der Waals surface area contributed by atoms with Gasteiger partial charge in [0.25, 0.3) is 10.1 Å². The van der Waals surface area contributed by atoms with Crippen LogP contribution in [0.15, 0.2) is 58.5 Å². The van der Waals surface area contributed by atoms with Gasteiger partial charge in [-0.15, -0.1) is 0 Å². The Labute approximate surface area is 115 Å². The van der Waals surface area contributed by atoms with Gasteiger partial charge in [-0.05, 0) is 30.3 Å². The molecule has 0 aliphatic rings. The summed E-state index contributed by atoms with van der Waals surface area (Å²) in [5, 5.41) is 3.84. The number of rotatable bonds is 4. The van der Waals surface area contributed by atoms with Crippen LogP contribution >= 0.6 is 0 Å². The number of hydrazone groups is 1. The number of nitrogens with zero attached hydrogens (tertiary/aromatic N) is 1. The molecule has 0 aliphatic carbocycles. The van der Waals surface area contributed by atoms with Gasteiger partial charge in [0, 0.05) is 5.56 Å². The third kappa shape index (κ3) is 3.62. The van der Waals surface area contributed by atoms with Gasteiger partial charge in [0.1, 0.15) is 5.82 Å². The Kier molecular flexibility index (Phi) is 4.11. The molecule has 20 heavy (non-hydrogen) atoms. The molecule has 0 amide bonds. The van der Waals surface area contributed by atoms with Crippen LogP contribution in [0.4, 0.5) is 10.1 Å². The van der Waals surface area contributed by atoms with Gasteiger partial charge in [0.2, 0.25) is 0 Å². The van der Waals surface area contributed by atoms with Crippen LogP contribution in [0.3, 0.4) is 0 Å². The van der Waals surface area contributed by atoms with Crippen LogP contribution in [0.2, 0.25) is 0 Å². The van der Waals surface area contributed by atoms with Crippen LogP contribution in [0.5, 0.6) is 0 Å². The fourth-order valence-corrected chi connectivity index (χ4v) is 1.94. The Morgan fingerprint density at radius 1 is 1.10 bits per heavy atom. The second-order valence-electron chi connectivity index (χ2n) is 3.89. The molecular formula is C13H11FN2O3S. The van der Waals surface area contributed by atoms with E-state index in [1.165, 1.54) is 36.5 Å². The van der Waals surface area contributed by atoms with Crippen LogP contribution in [-0.4, -0.2) is 19.2 Å². The summed E-state index contributed by atoms with van der Waals surface area (Å²) in [5.74, 6) is -0.389. The normalized spacial score (nSPS) is 11.7. The molecule has 2 aromatic rings. The molecule has 0 fully saturated rings. The molecule has 5 nitrogen and oxygen atoms in total. The molecule has 0 aliphatic heterocycles. The summed E-state index contributed by atoms with van der Waals surface area (Å²) in [6, 6.07) is 11.5. The van der Waals surface area contributed by atoms with Gasteiger partial charge in [0.05, 0.1) is 16.8 Å². The van der Waals surface area contributed by atoms with Gasteiger partial charge >= 0.3 is 0 Å². The van der Waals surface area contributed by atoms with Crippen LogP contribution in [0.1, 0.15) is 5.56 Å². The maximum atomic E-state index is 13.3. The standard InChI is InChI=1S/C13H11FN2O3S/c14-13-4-2-1-3-10(13)9-15-16-11-5-7-12(8-6-11)20(17,18)19/h1-9,16H,(H,17,18,19)/b15-9+. The molecule has 0 saturated carbocycles. The highest BCUT2D eigenvalue weighted by Gasteiger charge is 2.07. The SMILES string of the molecule is O=S(=O)(O)c1ccc(N/N=C/c2ccccc2F)cc1. The Bertz CT molecular complexity index is 728. The number of halogens is 1. The van der Waals surface area contributed by atoms with Crippen molar-refractivity contribution in [3.05, 3.63) is 59.9 Å². The topological polar surface area (TPSA) is 78.8 Å². The maximum absolute atomic E-state index is 13.3. The van der Waals surface area contributed by atoms with Gasteiger partial charge in [-0.1, -0.05) is 18.2 Å². The monoisotopic (exact) mass is 294 g/mol. The summed E-state index contributed by atoms with van der Waals surface area (Å²) >= 11 is 0. The molecular weight excluding hydrogens is 283 g/mol. The molecule has 0 saturated heterocycles. The van der Waals surface area contributed by atoms with Crippen molar-refractivity contribution < 1.29 is 17.4 Å². The minimum atomic E-state index is -4.20. The lowest BCUT2D eigenvalue weighted by molar-refractivity contribution is 0.483. The van der Waals surface area contributed by atoms with E-state index in [1.807, 2.05) is 0 Å². The highest BCUT2D eigenvalue weighted by molar-refractivity contribution is 7.85. The van der Waals surface area contributed by atoms with Crippen molar-refractivity contribution in [1.29, 1.82) is 0 Å². The molecule has 0 heterocycles. The summed E-state index contributed by atoms with van der Waals surface area (Å²) in [5.41, 5.74) is 3.46. The van der Waals surface area contributed by atoms with E-state index < -0.39 is 10.1 Å². The Morgan fingerprint density at radius 3 is 2.35 bits per heavy atom. The average Bonchev–Trinajstić information content (AvgIpc) is 2.40. The van der Waals surface area contributed by atoms with Crippen molar-refractivity contribution in [2.75, 3.05) is 5.43 Å². The molecule has 0 spiro atoms. The van der Waals surface area contributed by atoms with Crippen LogP contribution in [-0.2, 0) is 10.1 Å². The van der Waals surface area contributed by atoms with E-state index in [4.69, 9.17) is 4.55 Å². The first-order valence-corrected chi connectivity index (χ1v) is 7.02. The molecule has 0 bridgehead atoms. The van der Waals surface area contributed by atoms with Crippen molar-refractivity contribution in [2.45, 2.75) is 4.90 Å². The van der Waals surface area contributed by atoms with Crippen molar-refractivity contribution >= 4 is 22.0 Å². The zero-order valence-corrected chi connectivity index (χ0v) is 11.0. The molecule has 0 unspecified atom stereocenters. The summed E-state index contributed by atoms with van der Waals surface area (Å²) in [6.45, 7) is 0. The van der Waals surface area contributed by atoms with E-state index in [0.717, 1.165) is 0 Å². The molecule has 0 aromatic heterocycles. The fraction of sp³-hybridized carbons (Fsp3) is 0. The second-order valence-corrected chi connectivity index (χ2v) is 5.31. The smallest absolute Gasteiger partial charge is 0.282 e. The van der Waals surface area contributed by atoms with Gasteiger partial charge < -0.3 is 0 Å². The second kappa shape index (κ2) is 5.81. The summed E-state index contributed by atoms with van der Waals surface area (Å²) in [6.07, 6.45) is 1.31. The largest absolute Gasteiger partial charge is 0.294 e. The Balaban J connectivity index is 2.07. The molecule has 2 rings (SSSR count). The van der Waals surface area contributed by atoms with E-state index >= 15 is 0 Å². The van der Waals surface area contributed by atoms with Crippen LogP contribution in [0.25, 0.3) is 0 Å². The summed E-state index contributed by atoms with van der Waals surface area (Å²) in [4.78, 5) is -0.207. The third-order valence-corrected chi connectivity index (χ3v) is 3.32. The van der Waals surface area contributed by atoms with Crippen molar-refractivity contribution in [2.24, 2.45) is 5.10 Å². The number of benzene rings is 2. The lowest BCUT2D eigenvalue weighted by atomic mass is 10.2. The quantitative estimate of drug-likeness (QED) is 0.516. The van der Waals surface area contributed by atoms with Crippen molar-refractivity contribution in [3.8, 4) is 0 Å². The Hall–Kier alpha value is -2.25. The predicted octanol–water partition coefficient (Wildman–Crippen LogP) is 2.52. The number of hydrogen-bond acceptors (Lipinski definition) is 4. The van der Waals surface area contributed by atoms with Crippen molar-refractivity contribution in [3.63, 3.8) is 0 Å². The predicted molar refractivity (Wildman–Crippen MR) is 73.9 cm³/mol. The third-order valence-electron chi connectivity index (χ3n) is 2.45. The summed E-state index contributed by atoms with van der Waals surface area (Å²) in [7, 11) is -4.20. The summed E-state index contributed by atoms with van der Waals surface area (Å²) < 4.78 is 43.8. The first kappa shape index (κ1) is 14.2. The fourth-order valence-electron chi connectivity index (χ4n) is 1.46. The van der Waals surface area contributed by atoms with E-state index in [2.05, 4.69) is 10.5 Å². The molecule has 2 aromatic carbocycles. The highest BCUT2D eigenvalue weighted by Crippen LogP contribution is 2.13. The first-order chi connectivity index (χ1) is 9.47. The Morgan fingerprint density at radius 2 is 1.75 bits per heavy atom. The van der Waals surface area contributed by atoms with Gasteiger partial charge in [-0.2, -0.15) is 13.5 Å². The molecule has 0 radical (unpaired) electrons. The molecule has 0 atom stereocenters. The molecule has 2 N–H and O–H groups in total. The maximum Gasteiger partial charge on any atom is 0.294 e. The number of nitrogens with one attached hydrogen (secondary N) is 1. The molecule has 7 heteroatoms. The van der Waals surface area contributed by atoms with Gasteiger partial charge in [-0.25, -0.2) is 4.39 Å². The van der Waals surface area contributed by atoms with E-state index in [9.17, 15) is 12.8 Å². The van der Waals surface area contributed by atoms with Crippen molar-refractivity contribution in [1.82, 2.24) is 0 Å². The van der Waals surface area contributed by atoms with Gasteiger partial charge in [-0.3, -0.25) is 9.98 Å².